The molecule has 0 aromatic carbocycles. The number of nitrogens with zero attached hydrogens (tertiary/aromatic N) is 6. The zero-order valence-corrected chi connectivity index (χ0v) is 18.0. The predicted octanol–water partition coefficient (Wildman–Crippen LogP) is 3.11. The largest absolute Gasteiger partial charge is 0.471 e. The fourth-order valence-electron chi connectivity index (χ4n) is 4.21. The summed E-state index contributed by atoms with van der Waals surface area (Å²) in [7, 11) is 0. The van der Waals surface area contributed by atoms with Crippen molar-refractivity contribution < 1.29 is 22.6 Å². The van der Waals surface area contributed by atoms with Crippen molar-refractivity contribution in [1.29, 1.82) is 0 Å². The minimum absolute atomic E-state index is 0.122. The van der Waals surface area contributed by atoms with Gasteiger partial charge in [0.2, 0.25) is 5.88 Å². The zero-order valence-electron chi connectivity index (χ0n) is 18.0. The second-order valence-electron chi connectivity index (χ2n) is 8.25. The summed E-state index contributed by atoms with van der Waals surface area (Å²) in [6.07, 6.45) is 0.469. The summed E-state index contributed by atoms with van der Waals surface area (Å²) in [5.41, 5.74) is 3.05. The van der Waals surface area contributed by atoms with Crippen molar-refractivity contribution in [3.05, 3.63) is 58.8 Å². The standard InChI is InChI=1S/C22H23F3N6O2/c1-14-19(31(29-28-14)17-2-3-20(26-10-17)22(23,24)25)13-33-21-8-15-4-6-30(11-16(15)9-27-21)18-5-7-32-12-18/h2-3,8-10,18H,4-7,11-13H2,1H3. The monoisotopic (exact) mass is 460 g/mol. The Kier molecular flexibility index (Phi) is 5.75. The molecule has 0 amide bonds. The molecular formula is C22H23F3N6O2. The molecule has 8 nitrogen and oxygen atoms in total. The minimum atomic E-state index is -4.50. The van der Waals surface area contributed by atoms with Crippen molar-refractivity contribution in [3.8, 4) is 11.6 Å². The van der Waals surface area contributed by atoms with Crippen molar-refractivity contribution in [2.45, 2.75) is 45.1 Å². The van der Waals surface area contributed by atoms with E-state index in [9.17, 15) is 13.2 Å². The van der Waals surface area contributed by atoms with Crippen molar-refractivity contribution in [1.82, 2.24) is 29.9 Å². The van der Waals surface area contributed by atoms with Gasteiger partial charge in [0.15, 0.2) is 0 Å². The molecule has 174 valence electrons. The van der Waals surface area contributed by atoms with Crippen LogP contribution in [0.5, 0.6) is 5.88 Å². The van der Waals surface area contributed by atoms with Crippen LogP contribution in [0.25, 0.3) is 5.69 Å². The van der Waals surface area contributed by atoms with Crippen LogP contribution < -0.4 is 4.74 Å². The number of alkyl halides is 3. The van der Waals surface area contributed by atoms with Gasteiger partial charge in [0.25, 0.3) is 0 Å². The van der Waals surface area contributed by atoms with E-state index in [0.717, 1.165) is 51.4 Å². The van der Waals surface area contributed by atoms with Crippen LogP contribution >= 0.6 is 0 Å². The summed E-state index contributed by atoms with van der Waals surface area (Å²) in [6, 6.07) is 4.67. The van der Waals surface area contributed by atoms with Gasteiger partial charge >= 0.3 is 6.18 Å². The van der Waals surface area contributed by atoms with Gasteiger partial charge in [-0.25, -0.2) is 14.6 Å². The van der Waals surface area contributed by atoms with E-state index in [1.165, 1.54) is 21.9 Å². The third kappa shape index (κ3) is 4.55. The quantitative estimate of drug-likeness (QED) is 0.579. The topological polar surface area (TPSA) is 78.2 Å². The van der Waals surface area contributed by atoms with Crippen LogP contribution in [-0.4, -0.2) is 55.7 Å². The number of aryl methyl sites for hydroxylation is 1. The number of hydrogen-bond donors (Lipinski definition) is 0. The maximum atomic E-state index is 12.8. The number of ether oxygens (including phenoxy) is 2. The summed E-state index contributed by atoms with van der Waals surface area (Å²) in [5, 5.41) is 8.08. The summed E-state index contributed by atoms with van der Waals surface area (Å²) in [4.78, 5) is 10.4. The maximum absolute atomic E-state index is 12.8. The number of aromatic nitrogens is 5. The maximum Gasteiger partial charge on any atom is 0.433 e. The average molecular weight is 460 g/mol. The van der Waals surface area contributed by atoms with E-state index >= 15 is 0 Å². The lowest BCUT2D eigenvalue weighted by Crippen LogP contribution is -2.39. The third-order valence-electron chi connectivity index (χ3n) is 6.12. The molecule has 1 fully saturated rings. The molecule has 1 unspecified atom stereocenters. The molecule has 3 aromatic heterocycles. The van der Waals surface area contributed by atoms with Crippen LogP contribution in [-0.2, 0) is 30.5 Å². The van der Waals surface area contributed by atoms with Gasteiger partial charge in [-0.2, -0.15) is 13.2 Å². The molecule has 0 saturated carbocycles. The Morgan fingerprint density at radius 3 is 2.79 bits per heavy atom. The Balaban J connectivity index is 1.28. The Morgan fingerprint density at radius 2 is 2.06 bits per heavy atom. The molecule has 5 rings (SSSR count). The van der Waals surface area contributed by atoms with E-state index < -0.39 is 11.9 Å². The fourth-order valence-corrected chi connectivity index (χ4v) is 4.21. The zero-order chi connectivity index (χ0) is 23.0. The molecular weight excluding hydrogens is 437 g/mol. The molecule has 11 heteroatoms. The lowest BCUT2D eigenvalue weighted by Gasteiger charge is -2.32. The molecule has 0 bridgehead atoms. The van der Waals surface area contributed by atoms with Crippen LogP contribution in [0.15, 0.2) is 30.6 Å². The molecule has 0 aliphatic carbocycles. The number of pyridine rings is 2. The Labute approximate surface area is 188 Å². The summed E-state index contributed by atoms with van der Waals surface area (Å²) < 4.78 is 51.3. The second-order valence-corrected chi connectivity index (χ2v) is 8.25. The van der Waals surface area contributed by atoms with Gasteiger partial charge in [-0.15, -0.1) is 5.10 Å². The van der Waals surface area contributed by atoms with Crippen LogP contribution in [0.4, 0.5) is 13.2 Å². The summed E-state index contributed by atoms with van der Waals surface area (Å²) >= 11 is 0. The number of hydrogen-bond acceptors (Lipinski definition) is 7. The molecule has 3 aromatic rings. The van der Waals surface area contributed by atoms with Gasteiger partial charge in [0, 0.05) is 38.0 Å². The fraction of sp³-hybridized carbons (Fsp3) is 0.455. The Hall–Kier alpha value is -3.05. The molecule has 5 heterocycles. The van der Waals surface area contributed by atoms with Gasteiger partial charge in [0.1, 0.15) is 18.0 Å². The predicted molar refractivity (Wildman–Crippen MR) is 111 cm³/mol. The second kappa shape index (κ2) is 8.71. The normalized spacial score (nSPS) is 19.0. The summed E-state index contributed by atoms with van der Waals surface area (Å²) in [5.74, 6) is 0.490. The third-order valence-corrected chi connectivity index (χ3v) is 6.12. The number of halogens is 3. The first-order valence-corrected chi connectivity index (χ1v) is 10.8. The molecule has 0 radical (unpaired) electrons. The highest BCUT2D eigenvalue weighted by molar-refractivity contribution is 5.33. The molecule has 0 N–H and O–H groups in total. The highest BCUT2D eigenvalue weighted by atomic mass is 19.4. The molecule has 0 spiro atoms. The molecule has 33 heavy (non-hydrogen) atoms. The van der Waals surface area contributed by atoms with Crippen molar-refractivity contribution in [2.24, 2.45) is 0 Å². The summed E-state index contributed by atoms with van der Waals surface area (Å²) in [6.45, 7) is 5.33. The first-order chi connectivity index (χ1) is 15.9. The van der Waals surface area contributed by atoms with Gasteiger partial charge in [-0.05, 0) is 43.0 Å². The van der Waals surface area contributed by atoms with Gasteiger partial charge in [-0.3, -0.25) is 4.90 Å². The van der Waals surface area contributed by atoms with Crippen molar-refractivity contribution in [2.75, 3.05) is 19.8 Å². The Bertz CT molecular complexity index is 1130. The first kappa shape index (κ1) is 21.8. The van der Waals surface area contributed by atoms with Crippen LogP contribution in [0, 0.1) is 6.92 Å². The smallest absolute Gasteiger partial charge is 0.433 e. The first-order valence-electron chi connectivity index (χ1n) is 10.8. The van der Waals surface area contributed by atoms with E-state index in [4.69, 9.17) is 9.47 Å². The molecule has 1 saturated heterocycles. The van der Waals surface area contributed by atoms with Crippen LogP contribution in [0.3, 0.4) is 0 Å². The SMILES string of the molecule is Cc1nnn(-c2ccc(C(F)(F)F)nc2)c1COc1cc2c(cn1)CN(C1CCOC1)CC2. The lowest BCUT2D eigenvalue weighted by atomic mass is 10.0. The van der Waals surface area contributed by atoms with Gasteiger partial charge in [0.05, 0.1) is 24.2 Å². The van der Waals surface area contributed by atoms with Gasteiger partial charge in [-0.1, -0.05) is 5.21 Å². The average Bonchev–Trinajstić information content (AvgIpc) is 3.47. The number of fused-ring (bicyclic) bond motifs is 1. The van der Waals surface area contributed by atoms with E-state index in [-0.39, 0.29) is 6.61 Å². The van der Waals surface area contributed by atoms with E-state index in [2.05, 4.69) is 25.2 Å². The lowest BCUT2D eigenvalue weighted by molar-refractivity contribution is -0.141. The van der Waals surface area contributed by atoms with E-state index in [1.807, 2.05) is 12.3 Å². The molecule has 2 aliphatic rings. The van der Waals surface area contributed by atoms with Gasteiger partial charge < -0.3 is 9.47 Å². The number of rotatable bonds is 5. The highest BCUT2D eigenvalue weighted by Crippen LogP contribution is 2.28. The van der Waals surface area contributed by atoms with E-state index in [0.29, 0.717) is 29.0 Å². The van der Waals surface area contributed by atoms with E-state index in [1.54, 1.807) is 6.92 Å². The molecule has 1 atom stereocenters. The van der Waals surface area contributed by atoms with Crippen molar-refractivity contribution in [3.63, 3.8) is 0 Å². The highest BCUT2D eigenvalue weighted by Gasteiger charge is 2.32. The van der Waals surface area contributed by atoms with Crippen LogP contribution in [0.2, 0.25) is 0 Å². The molecule has 2 aliphatic heterocycles. The van der Waals surface area contributed by atoms with Crippen LogP contribution in [0.1, 0.15) is 34.6 Å². The minimum Gasteiger partial charge on any atom is -0.471 e. The van der Waals surface area contributed by atoms with Crippen molar-refractivity contribution >= 4 is 0 Å². The Morgan fingerprint density at radius 1 is 1.18 bits per heavy atom.